The highest BCUT2D eigenvalue weighted by atomic mass is 16.5. The summed E-state index contributed by atoms with van der Waals surface area (Å²) in [4.78, 5) is 38.0. The number of aromatic nitrogens is 2. The standard InChI is InChI=1S/C26H26N2O5/c1-18(29)13-14-33-24(31)17-28-22(15-23(30)27(2)25(28)32)21-16-26(21,19-9-5-3-6-10-19)20-11-7-4-8-12-20/h3-12,15,21H,13-14,16-17H2,1-2H3/q-1. The number of ether oxygens (including phenoxy) is 1. The van der Waals surface area contributed by atoms with Gasteiger partial charge in [-0.2, -0.15) is 0 Å². The van der Waals surface area contributed by atoms with E-state index in [1.54, 1.807) is 0 Å². The molecule has 7 heteroatoms. The van der Waals surface area contributed by atoms with Crippen LogP contribution in [0.4, 0.5) is 0 Å². The first-order valence-electron chi connectivity index (χ1n) is 10.9. The van der Waals surface area contributed by atoms with Crippen LogP contribution in [0.3, 0.4) is 0 Å². The van der Waals surface area contributed by atoms with E-state index in [-0.39, 0.29) is 31.6 Å². The van der Waals surface area contributed by atoms with Gasteiger partial charge in [0.1, 0.15) is 6.54 Å². The van der Waals surface area contributed by atoms with Gasteiger partial charge in [0, 0.05) is 30.1 Å². The predicted molar refractivity (Wildman–Crippen MR) is 121 cm³/mol. The van der Waals surface area contributed by atoms with Crippen LogP contribution in [0.5, 0.6) is 0 Å². The molecule has 0 saturated heterocycles. The van der Waals surface area contributed by atoms with Crippen LogP contribution in [-0.4, -0.2) is 21.7 Å². The number of esters is 1. The lowest BCUT2D eigenvalue weighted by atomic mass is 9.85. The van der Waals surface area contributed by atoms with E-state index in [2.05, 4.69) is 0 Å². The molecule has 0 N–H and O–H groups in total. The van der Waals surface area contributed by atoms with Crippen LogP contribution in [0, 0.1) is 6.10 Å². The summed E-state index contributed by atoms with van der Waals surface area (Å²) in [6.07, 6.45) is 0.734. The number of carbonyl (C=O) groups excluding carboxylic acids is 1. The zero-order valence-corrected chi connectivity index (χ0v) is 18.7. The maximum atomic E-state index is 13.0. The molecule has 171 valence electrons. The Morgan fingerprint density at radius 2 is 1.64 bits per heavy atom. The van der Waals surface area contributed by atoms with Crippen molar-refractivity contribution in [1.29, 1.82) is 0 Å². The molecule has 0 spiro atoms. The van der Waals surface area contributed by atoms with Crippen LogP contribution in [0.2, 0.25) is 0 Å². The number of rotatable bonds is 8. The molecule has 1 heterocycles. The first-order chi connectivity index (χ1) is 15.8. The summed E-state index contributed by atoms with van der Waals surface area (Å²) in [5.74, 6) is -0.780. The van der Waals surface area contributed by atoms with Crippen molar-refractivity contribution in [3.8, 4) is 0 Å². The molecular formula is C26H26N2O5-. The Labute approximate surface area is 191 Å². The lowest BCUT2D eigenvalue weighted by molar-refractivity contribution is -0.353. The summed E-state index contributed by atoms with van der Waals surface area (Å²) < 4.78 is 7.47. The van der Waals surface area contributed by atoms with Gasteiger partial charge in [0.2, 0.25) is 0 Å². The van der Waals surface area contributed by atoms with E-state index >= 15 is 0 Å². The van der Waals surface area contributed by atoms with Gasteiger partial charge in [0.05, 0.1) is 6.61 Å². The third-order valence-corrected chi connectivity index (χ3v) is 6.33. The van der Waals surface area contributed by atoms with Crippen LogP contribution >= 0.6 is 0 Å². The van der Waals surface area contributed by atoms with Crippen LogP contribution in [0.25, 0.3) is 0 Å². The summed E-state index contributed by atoms with van der Waals surface area (Å²) in [5.41, 5.74) is 1.30. The topological polar surface area (TPSA) is 93.4 Å². The maximum absolute atomic E-state index is 13.0. The van der Waals surface area contributed by atoms with Gasteiger partial charge in [-0.1, -0.05) is 67.6 Å². The fourth-order valence-electron chi connectivity index (χ4n) is 4.51. The van der Waals surface area contributed by atoms with E-state index in [4.69, 9.17) is 4.74 Å². The summed E-state index contributed by atoms with van der Waals surface area (Å²) in [5, 5.41) is 11.1. The first kappa shape index (κ1) is 22.7. The summed E-state index contributed by atoms with van der Waals surface area (Å²) in [7, 11) is 1.39. The molecule has 1 atom stereocenters. The number of hydrogen-bond acceptors (Lipinski definition) is 5. The molecule has 1 saturated carbocycles. The minimum Gasteiger partial charge on any atom is -0.850 e. The van der Waals surface area contributed by atoms with Crippen molar-refractivity contribution >= 4 is 5.97 Å². The van der Waals surface area contributed by atoms with Crippen molar-refractivity contribution in [2.24, 2.45) is 7.05 Å². The summed E-state index contributed by atoms with van der Waals surface area (Å²) >= 11 is 0. The van der Waals surface area contributed by atoms with E-state index in [1.165, 1.54) is 24.6 Å². The third kappa shape index (κ3) is 4.41. The second kappa shape index (κ2) is 9.19. The van der Waals surface area contributed by atoms with Crippen molar-refractivity contribution in [3.63, 3.8) is 0 Å². The van der Waals surface area contributed by atoms with Crippen LogP contribution < -0.4 is 16.4 Å². The van der Waals surface area contributed by atoms with E-state index in [9.17, 15) is 19.5 Å². The van der Waals surface area contributed by atoms with E-state index in [1.807, 2.05) is 60.7 Å². The van der Waals surface area contributed by atoms with Gasteiger partial charge in [0.15, 0.2) is 0 Å². The van der Waals surface area contributed by atoms with Crippen LogP contribution in [-0.2, 0) is 28.5 Å². The quantitative estimate of drug-likeness (QED) is 0.493. The van der Waals surface area contributed by atoms with Gasteiger partial charge >= 0.3 is 11.7 Å². The second-order valence-electron chi connectivity index (χ2n) is 8.47. The van der Waals surface area contributed by atoms with Gasteiger partial charge in [0.25, 0.3) is 5.56 Å². The smallest absolute Gasteiger partial charge is 0.331 e. The first-order valence-corrected chi connectivity index (χ1v) is 10.9. The molecule has 1 aliphatic rings. The average molecular weight is 447 g/mol. The minimum absolute atomic E-state index is 0.0363. The number of nitrogens with zero attached hydrogens (tertiary/aromatic N) is 2. The van der Waals surface area contributed by atoms with Crippen molar-refractivity contribution in [3.05, 3.63) is 110 Å². The SMILES string of the molecule is C[C]([O-])CCOC(=O)Cn1c(C2CC2(c2ccccc2)c2ccccc2)cc(=O)n(C)c1=O. The molecule has 33 heavy (non-hydrogen) atoms. The average Bonchev–Trinajstić information content (AvgIpc) is 3.57. The minimum atomic E-state index is -0.621. The fourth-order valence-corrected chi connectivity index (χ4v) is 4.51. The van der Waals surface area contributed by atoms with Gasteiger partial charge in [-0.05, 0) is 24.0 Å². The Kier molecular flexibility index (Phi) is 6.33. The number of carbonyl (C=O) groups is 1. The van der Waals surface area contributed by atoms with Gasteiger partial charge in [-0.25, -0.2) is 4.79 Å². The molecule has 1 aliphatic carbocycles. The molecule has 1 fully saturated rings. The molecule has 3 aromatic rings. The lowest BCUT2D eigenvalue weighted by Crippen LogP contribution is -2.41. The van der Waals surface area contributed by atoms with Crippen molar-refractivity contribution < 1.29 is 14.6 Å². The van der Waals surface area contributed by atoms with Gasteiger partial charge < -0.3 is 9.84 Å². The monoisotopic (exact) mass is 446 g/mol. The molecule has 1 unspecified atom stereocenters. The third-order valence-electron chi connectivity index (χ3n) is 6.33. The molecule has 2 aromatic carbocycles. The van der Waals surface area contributed by atoms with E-state index < -0.39 is 22.6 Å². The van der Waals surface area contributed by atoms with E-state index in [0.717, 1.165) is 15.7 Å². The lowest BCUT2D eigenvalue weighted by Gasteiger charge is -2.21. The predicted octanol–water partition coefficient (Wildman–Crippen LogP) is 1.87. The normalized spacial score (nSPS) is 16.5. The molecule has 7 nitrogen and oxygen atoms in total. The second-order valence-corrected chi connectivity index (χ2v) is 8.47. The molecule has 0 bridgehead atoms. The zero-order chi connectivity index (χ0) is 23.6. The fraction of sp³-hybridized carbons (Fsp3) is 0.308. The summed E-state index contributed by atoms with van der Waals surface area (Å²) in [6, 6.07) is 21.4. The van der Waals surface area contributed by atoms with E-state index in [0.29, 0.717) is 12.1 Å². The maximum Gasteiger partial charge on any atom is 0.331 e. The highest BCUT2D eigenvalue weighted by Crippen LogP contribution is 2.63. The Bertz CT molecular complexity index is 1210. The molecule has 0 aliphatic heterocycles. The molecule has 1 aromatic heterocycles. The van der Waals surface area contributed by atoms with Gasteiger partial charge in [-0.3, -0.25) is 18.7 Å². The Balaban J connectivity index is 1.75. The van der Waals surface area contributed by atoms with Crippen molar-refractivity contribution in [2.45, 2.75) is 37.6 Å². The number of benzene rings is 2. The Hall–Kier alpha value is -3.45. The highest BCUT2D eigenvalue weighted by Gasteiger charge is 2.58. The molecule has 1 radical (unpaired) electrons. The summed E-state index contributed by atoms with van der Waals surface area (Å²) in [6.45, 7) is 1.06. The van der Waals surface area contributed by atoms with Gasteiger partial charge in [-0.15, -0.1) is 6.10 Å². The van der Waals surface area contributed by atoms with Crippen molar-refractivity contribution in [2.75, 3.05) is 6.61 Å². The Morgan fingerprint density at radius 1 is 1.06 bits per heavy atom. The van der Waals surface area contributed by atoms with Crippen LogP contribution in [0.1, 0.15) is 42.5 Å². The molecular weight excluding hydrogens is 420 g/mol. The molecule has 0 amide bonds. The Morgan fingerprint density at radius 3 is 2.18 bits per heavy atom. The number of hydrogen-bond donors (Lipinski definition) is 0. The molecule has 4 rings (SSSR count). The largest absolute Gasteiger partial charge is 0.850 e. The zero-order valence-electron chi connectivity index (χ0n) is 18.7. The van der Waals surface area contributed by atoms with Crippen molar-refractivity contribution in [1.82, 2.24) is 9.13 Å². The highest BCUT2D eigenvalue weighted by molar-refractivity contribution is 5.69. The van der Waals surface area contributed by atoms with Crippen LogP contribution in [0.15, 0.2) is 76.3 Å².